The van der Waals surface area contributed by atoms with Gasteiger partial charge in [0.15, 0.2) is 5.82 Å². The van der Waals surface area contributed by atoms with E-state index in [1.165, 1.54) is 12.8 Å². The lowest BCUT2D eigenvalue weighted by Crippen LogP contribution is -2.57. The number of hydrogen-bond acceptors (Lipinski definition) is 7. The molecule has 0 radical (unpaired) electrons. The lowest BCUT2D eigenvalue weighted by Gasteiger charge is -2.43. The number of piperazine rings is 1. The standard InChI is InChI=1S/C28H35N7O/c1-3-16(2)25-20(19-5-4-6-23-21(19)14-31-28(30)32-23)13-22(29)26(33-25)34-11-12-35(27(36)18-9-10-18)24(15-34)17-7-8-17/h4-6,13-14,16-18,24H,3,7-12,15,29H2,1-2H3,(H2,30,31,32)/t16?,24-/m0/s1. The minimum atomic E-state index is 0.251. The lowest BCUT2D eigenvalue weighted by molar-refractivity contribution is -0.135. The van der Waals surface area contributed by atoms with Gasteiger partial charge >= 0.3 is 0 Å². The maximum absolute atomic E-state index is 13.0. The zero-order valence-corrected chi connectivity index (χ0v) is 21.2. The van der Waals surface area contributed by atoms with Crippen LogP contribution in [0.5, 0.6) is 0 Å². The number of amides is 1. The van der Waals surface area contributed by atoms with Gasteiger partial charge in [0.2, 0.25) is 11.9 Å². The largest absolute Gasteiger partial charge is 0.396 e. The van der Waals surface area contributed by atoms with Crippen molar-refractivity contribution < 1.29 is 4.79 Å². The molecule has 2 aromatic heterocycles. The van der Waals surface area contributed by atoms with Crippen LogP contribution in [0.1, 0.15) is 57.6 Å². The second kappa shape index (κ2) is 8.91. The van der Waals surface area contributed by atoms with Gasteiger partial charge in [-0.1, -0.05) is 26.0 Å². The third-order valence-corrected chi connectivity index (χ3v) is 8.17. The molecule has 3 aromatic rings. The summed E-state index contributed by atoms with van der Waals surface area (Å²) in [5.74, 6) is 2.59. The Kier molecular flexibility index (Phi) is 5.69. The molecule has 2 saturated carbocycles. The first-order valence-electron chi connectivity index (χ1n) is 13.3. The Morgan fingerprint density at radius 3 is 2.64 bits per heavy atom. The fraction of sp³-hybridized carbons (Fsp3) is 0.500. The van der Waals surface area contributed by atoms with Crippen molar-refractivity contribution in [1.82, 2.24) is 19.9 Å². The molecule has 0 spiro atoms. The van der Waals surface area contributed by atoms with Crippen LogP contribution in [0.25, 0.3) is 22.0 Å². The van der Waals surface area contributed by atoms with Crippen LogP contribution >= 0.6 is 0 Å². The number of benzene rings is 1. The summed E-state index contributed by atoms with van der Waals surface area (Å²) in [6.45, 7) is 6.72. The Bertz CT molecular complexity index is 1320. The third-order valence-electron chi connectivity index (χ3n) is 8.17. The number of hydrogen-bond donors (Lipinski definition) is 2. The zero-order valence-electron chi connectivity index (χ0n) is 21.2. The highest BCUT2D eigenvalue weighted by molar-refractivity contribution is 5.96. The number of anilines is 3. The second-order valence-corrected chi connectivity index (χ2v) is 10.8. The van der Waals surface area contributed by atoms with Crippen molar-refractivity contribution in [2.75, 3.05) is 36.0 Å². The van der Waals surface area contributed by atoms with Gasteiger partial charge in [-0.2, -0.15) is 0 Å². The van der Waals surface area contributed by atoms with Crippen molar-refractivity contribution >= 4 is 34.3 Å². The minimum absolute atomic E-state index is 0.251. The molecule has 0 bridgehead atoms. The topological polar surface area (TPSA) is 114 Å². The molecule has 1 saturated heterocycles. The monoisotopic (exact) mass is 485 g/mol. The number of aromatic nitrogens is 3. The van der Waals surface area contributed by atoms with E-state index in [9.17, 15) is 4.79 Å². The van der Waals surface area contributed by atoms with Crippen molar-refractivity contribution in [1.29, 1.82) is 0 Å². The first-order chi connectivity index (χ1) is 17.4. The summed E-state index contributed by atoms with van der Waals surface area (Å²) in [4.78, 5) is 31.4. The van der Waals surface area contributed by atoms with Gasteiger partial charge in [-0.15, -0.1) is 0 Å². The third kappa shape index (κ3) is 4.12. The van der Waals surface area contributed by atoms with E-state index >= 15 is 0 Å². The van der Waals surface area contributed by atoms with Crippen LogP contribution in [0, 0.1) is 11.8 Å². The Morgan fingerprint density at radius 2 is 1.92 bits per heavy atom. The number of nitrogens with zero attached hydrogens (tertiary/aromatic N) is 5. The van der Waals surface area contributed by atoms with Gasteiger partial charge in [0.05, 0.1) is 22.9 Å². The molecule has 2 atom stereocenters. The number of rotatable bonds is 6. The first-order valence-corrected chi connectivity index (χ1v) is 13.3. The lowest BCUT2D eigenvalue weighted by atomic mass is 9.92. The Balaban J connectivity index is 1.38. The molecule has 36 heavy (non-hydrogen) atoms. The number of pyridine rings is 1. The van der Waals surface area contributed by atoms with E-state index in [-0.39, 0.29) is 23.8 Å². The molecule has 4 N–H and O–H groups in total. The summed E-state index contributed by atoms with van der Waals surface area (Å²) in [6.07, 6.45) is 7.27. The maximum Gasteiger partial charge on any atom is 0.226 e. The first kappa shape index (κ1) is 23.0. The van der Waals surface area contributed by atoms with E-state index in [2.05, 4.69) is 45.7 Å². The molecule has 6 rings (SSSR count). The van der Waals surface area contributed by atoms with Gasteiger partial charge in [-0.25, -0.2) is 15.0 Å². The highest BCUT2D eigenvalue weighted by Gasteiger charge is 2.44. The summed E-state index contributed by atoms with van der Waals surface area (Å²) in [5, 5.41) is 0.936. The van der Waals surface area contributed by atoms with Crippen LogP contribution in [0.2, 0.25) is 0 Å². The minimum Gasteiger partial charge on any atom is -0.396 e. The maximum atomic E-state index is 13.0. The molecule has 3 aliphatic rings. The predicted octanol–water partition coefficient (Wildman–Crippen LogP) is 4.21. The molecule has 188 valence electrons. The van der Waals surface area contributed by atoms with Gasteiger partial charge in [0.1, 0.15) is 0 Å². The van der Waals surface area contributed by atoms with Crippen molar-refractivity contribution in [3.63, 3.8) is 0 Å². The number of carbonyl (C=O) groups is 1. The van der Waals surface area contributed by atoms with E-state index in [0.717, 1.165) is 72.4 Å². The molecule has 2 aliphatic carbocycles. The van der Waals surface area contributed by atoms with E-state index in [0.29, 0.717) is 17.5 Å². The Morgan fingerprint density at radius 1 is 1.11 bits per heavy atom. The fourth-order valence-electron chi connectivity index (χ4n) is 5.60. The van der Waals surface area contributed by atoms with Gasteiger partial charge in [0.25, 0.3) is 0 Å². The average Bonchev–Trinajstić information content (AvgIpc) is 3.80. The van der Waals surface area contributed by atoms with Crippen molar-refractivity contribution in [2.24, 2.45) is 11.8 Å². The summed E-state index contributed by atoms with van der Waals surface area (Å²) < 4.78 is 0. The van der Waals surface area contributed by atoms with Gasteiger partial charge in [-0.05, 0) is 61.6 Å². The van der Waals surface area contributed by atoms with Gasteiger partial charge < -0.3 is 21.3 Å². The average molecular weight is 486 g/mol. The second-order valence-electron chi connectivity index (χ2n) is 10.8. The smallest absolute Gasteiger partial charge is 0.226 e. The Hall–Kier alpha value is -3.42. The van der Waals surface area contributed by atoms with Gasteiger partial charge in [-0.3, -0.25) is 4.79 Å². The molecule has 3 heterocycles. The highest BCUT2D eigenvalue weighted by Crippen LogP contribution is 2.42. The molecular weight excluding hydrogens is 450 g/mol. The number of carbonyl (C=O) groups excluding carboxylic acids is 1. The van der Waals surface area contributed by atoms with Crippen molar-refractivity contribution in [2.45, 2.75) is 57.9 Å². The van der Waals surface area contributed by atoms with Crippen LogP contribution in [0.15, 0.2) is 30.5 Å². The molecule has 1 aliphatic heterocycles. The Labute approximate surface area is 212 Å². The fourth-order valence-corrected chi connectivity index (χ4v) is 5.60. The number of fused-ring (bicyclic) bond motifs is 1. The highest BCUT2D eigenvalue weighted by atomic mass is 16.2. The van der Waals surface area contributed by atoms with Crippen LogP contribution in [0.3, 0.4) is 0 Å². The van der Waals surface area contributed by atoms with Crippen molar-refractivity contribution in [3.8, 4) is 11.1 Å². The van der Waals surface area contributed by atoms with E-state index in [1.807, 2.05) is 12.1 Å². The summed E-state index contributed by atoms with van der Waals surface area (Å²) >= 11 is 0. The molecule has 3 fully saturated rings. The molecule has 8 nitrogen and oxygen atoms in total. The molecule has 1 aromatic carbocycles. The number of nitrogen functional groups attached to an aromatic ring is 2. The van der Waals surface area contributed by atoms with E-state index in [4.69, 9.17) is 16.5 Å². The van der Waals surface area contributed by atoms with E-state index in [1.54, 1.807) is 6.20 Å². The summed E-state index contributed by atoms with van der Waals surface area (Å²) in [5.41, 5.74) is 17.1. The predicted molar refractivity (Wildman–Crippen MR) is 143 cm³/mol. The molecule has 8 heteroatoms. The normalized spacial score (nSPS) is 21.1. The van der Waals surface area contributed by atoms with E-state index < -0.39 is 0 Å². The van der Waals surface area contributed by atoms with Crippen LogP contribution < -0.4 is 16.4 Å². The van der Waals surface area contributed by atoms with Gasteiger partial charge in [0, 0.05) is 42.7 Å². The summed E-state index contributed by atoms with van der Waals surface area (Å²) in [7, 11) is 0. The summed E-state index contributed by atoms with van der Waals surface area (Å²) in [6, 6.07) is 8.36. The van der Waals surface area contributed by atoms with Crippen LogP contribution in [0.4, 0.5) is 17.5 Å². The van der Waals surface area contributed by atoms with Crippen molar-refractivity contribution in [3.05, 3.63) is 36.2 Å². The number of nitrogens with two attached hydrogens (primary N) is 2. The molecule has 1 amide bonds. The quantitative estimate of drug-likeness (QED) is 0.537. The molecule has 1 unspecified atom stereocenters. The SMILES string of the molecule is CCC(C)c1nc(N2CCN(C(=O)C3CC3)[C@H](C3CC3)C2)c(N)cc1-c1cccc2nc(N)ncc12. The molecular formula is C28H35N7O. The van der Waals surface area contributed by atoms with Crippen LogP contribution in [-0.4, -0.2) is 51.4 Å². The van der Waals surface area contributed by atoms with Crippen LogP contribution in [-0.2, 0) is 4.79 Å². The zero-order chi connectivity index (χ0) is 25.0.